The second-order valence-electron chi connectivity index (χ2n) is 33.9. The van der Waals surface area contributed by atoms with E-state index >= 15 is 0 Å². The summed E-state index contributed by atoms with van der Waals surface area (Å²) in [6.45, 7) is 0. The van der Waals surface area contributed by atoms with Crippen LogP contribution in [0, 0.1) is 5.41 Å². The lowest BCUT2D eigenvalue weighted by Crippen LogP contribution is -2.64. The lowest BCUT2D eigenvalue weighted by molar-refractivity contribution is 0.279. The molecule has 39 rings (SSSR count). The van der Waals surface area contributed by atoms with Gasteiger partial charge in [-0.05, 0) is 350 Å². The van der Waals surface area contributed by atoms with Crippen molar-refractivity contribution in [2.45, 2.75) is 27.1 Å². The molecule has 27 aromatic rings. The summed E-state index contributed by atoms with van der Waals surface area (Å²) in [6.07, 6.45) is 3.14. The molecule has 12 aliphatic carbocycles. The van der Waals surface area contributed by atoms with Gasteiger partial charge in [-0.2, -0.15) is 0 Å². The van der Waals surface area contributed by atoms with Crippen molar-refractivity contribution in [3.05, 3.63) is 297 Å². The molecule has 2 spiro atoms. The summed E-state index contributed by atoms with van der Waals surface area (Å²) in [5, 5.41) is 64.5. The summed E-state index contributed by atoms with van der Waals surface area (Å²) in [5.41, 5.74) is 30.1. The predicted molar refractivity (Wildman–Crippen MR) is 407 cm³/mol. The number of fused-ring (bicyclic) bond motifs is 1. The Morgan fingerprint density at radius 1 is 0.212 bits per heavy atom. The Bertz CT molecular complexity index is 8690. The second-order valence-corrected chi connectivity index (χ2v) is 34.8. The molecule has 428 valence electrons. The highest BCUT2D eigenvalue weighted by molar-refractivity contribution is 9.10. The highest BCUT2D eigenvalue weighted by Gasteiger charge is 2.87. The van der Waals surface area contributed by atoms with Crippen molar-refractivity contribution in [1.29, 1.82) is 0 Å². The van der Waals surface area contributed by atoms with E-state index in [0.717, 1.165) is 4.47 Å². The number of hydrogen-bond donors (Lipinski definition) is 0. The van der Waals surface area contributed by atoms with Crippen LogP contribution < -0.4 is 0 Å². The van der Waals surface area contributed by atoms with Gasteiger partial charge in [-0.3, -0.25) is 0 Å². The maximum atomic E-state index is 4.04. The first-order valence-electron chi connectivity index (χ1n) is 36.3. The average Bonchev–Trinajstić information content (AvgIpc) is 1.36. The van der Waals surface area contributed by atoms with E-state index in [1.807, 2.05) is 0 Å². The Labute approximate surface area is 562 Å². The zero-order chi connectivity index (χ0) is 60.9. The molecule has 0 heterocycles. The molecule has 12 aliphatic rings. The van der Waals surface area contributed by atoms with Crippen LogP contribution in [0.4, 0.5) is 0 Å². The van der Waals surface area contributed by atoms with Gasteiger partial charge in [0.1, 0.15) is 0 Å². The van der Waals surface area contributed by atoms with Crippen molar-refractivity contribution in [3.8, 4) is 0 Å². The molecule has 0 aromatic heterocycles. The molecule has 0 saturated carbocycles. The van der Waals surface area contributed by atoms with Crippen molar-refractivity contribution in [2.75, 3.05) is 0 Å². The third kappa shape index (κ3) is 2.67. The van der Waals surface area contributed by atoms with Gasteiger partial charge in [-0.15, -0.1) is 0 Å². The average molecular weight is 1290 g/mol. The van der Waals surface area contributed by atoms with Gasteiger partial charge in [0.25, 0.3) is 0 Å². The molecule has 0 nitrogen and oxygen atoms in total. The van der Waals surface area contributed by atoms with Crippen LogP contribution in [0.3, 0.4) is 0 Å². The molecule has 4 atom stereocenters. The molecule has 0 N–H and O–H groups in total. The highest BCUT2D eigenvalue weighted by Crippen LogP contribution is 2.96. The maximum absolute atomic E-state index is 4.04. The number of halogens is 1. The number of allylic oxidation sites excluding steroid dienone is 5. The molecule has 27 aromatic carbocycles. The van der Waals surface area contributed by atoms with E-state index in [4.69, 9.17) is 0 Å². The molecule has 0 fully saturated rings. The van der Waals surface area contributed by atoms with Gasteiger partial charge >= 0.3 is 0 Å². The van der Waals surface area contributed by atoms with Gasteiger partial charge in [0.2, 0.25) is 0 Å². The van der Waals surface area contributed by atoms with Gasteiger partial charge in [-0.25, -0.2) is 0 Å². The summed E-state index contributed by atoms with van der Waals surface area (Å²) in [6, 6.07) is 70.3. The molecule has 0 amide bonds. The van der Waals surface area contributed by atoms with Crippen molar-refractivity contribution in [3.63, 3.8) is 0 Å². The summed E-state index contributed by atoms with van der Waals surface area (Å²) in [5.74, 6) is 0. The zero-order valence-electron chi connectivity index (χ0n) is 51.6. The Morgan fingerprint density at radius 2 is 0.455 bits per heavy atom. The summed E-state index contributed by atoms with van der Waals surface area (Å²) < 4.78 is 1.11. The van der Waals surface area contributed by atoms with Gasteiger partial charge in [0.15, 0.2) is 0 Å². The quantitative estimate of drug-likeness (QED) is 0.151. The van der Waals surface area contributed by atoms with Crippen molar-refractivity contribution >= 4 is 237 Å². The van der Waals surface area contributed by atoms with Gasteiger partial charge in [-0.1, -0.05) is 180 Å². The molecule has 0 saturated heterocycles. The van der Waals surface area contributed by atoms with Gasteiger partial charge in [0, 0.05) is 4.47 Å². The fraction of sp³-hybridized carbons (Fsp3) is 0.0612. The minimum absolute atomic E-state index is 0.724. The molecule has 0 radical (unpaired) electrons. The van der Waals surface area contributed by atoms with Gasteiger partial charge in [0.05, 0.1) is 32.5 Å². The van der Waals surface area contributed by atoms with E-state index in [9.17, 15) is 0 Å². The first-order chi connectivity index (χ1) is 49.2. The predicted octanol–water partition coefficient (Wildman–Crippen LogP) is 23.7. The number of benzene rings is 21. The SMILES string of the molecule is Brc1ccc(C2=CC34C5=C6C7=C3C3(c8ccccc8)c8c9c%10c%11c(c%12c%13c%14c(c%15c%16c%17c(c%18c%19c%20c(c3c3c8c8c%10c%10c%21c%11c%13c%11c%13c%14c%16c%14c%16c%17c%19c%17c%19c%20c3c3c8c%10c8c(c%11%21)c(c%13%14)c(c%16%17)c8c3%19)C%184c3ccccc32)C5%15c2ccccc2)C6%12c2ccccc2)C79c2ccccc2)cc1. The summed E-state index contributed by atoms with van der Waals surface area (Å²) >= 11 is 4.04. The molecule has 0 bridgehead atoms. The Balaban J connectivity index is 1.02. The first-order valence-corrected chi connectivity index (χ1v) is 37.1. The van der Waals surface area contributed by atoms with E-state index in [1.165, 1.54) is 44.5 Å². The largest absolute Gasteiger partial charge is 0.0724 e. The molecule has 0 aliphatic heterocycles. The minimum Gasteiger partial charge on any atom is -0.0622 e. The van der Waals surface area contributed by atoms with Crippen LogP contribution in [0.25, 0.3) is 221 Å². The smallest absolute Gasteiger partial charge is 0.0622 e. The second kappa shape index (κ2) is 10.8. The molecular weight excluding hydrogens is 1260 g/mol. The van der Waals surface area contributed by atoms with E-state index in [2.05, 4.69) is 192 Å². The molecular formula is C98H29Br. The monoisotopic (exact) mass is 1280 g/mol. The standard InChI is InChI=1S/C98H29Br/c99-35-27-25-30(26-28-35)37-29-93-91-89-90-92(93)97(34-21-11-4-12-22-34)84-74-64-54-46-41-39-40-42-43(41)48-56(54)66-68-58(48)57-47(42)55-53-45(40)51-49-44(39)50-52(46)62(64)72-70-60(50)59(49)69-71-61(51)63(53)73-75-65(55)67(57)77-78(68)88(86(97)76(66)74)98(93,38-24-14-13-23-36(37)38)87(77)85(75)96(91,33-19-9-3-10-20-33)83(73)81(71)94(89,31-15-5-1-6-16-31)79(69)80(70)95(90,82(72)84)32-17-7-2-8-18-32/h1-29H. The Kier molecular flexibility index (Phi) is 4.59. The van der Waals surface area contributed by atoms with Gasteiger partial charge < -0.3 is 0 Å². The van der Waals surface area contributed by atoms with E-state index in [-0.39, 0.29) is 0 Å². The minimum atomic E-state index is -0.820. The molecule has 4 unspecified atom stereocenters. The zero-order valence-corrected chi connectivity index (χ0v) is 53.2. The third-order valence-corrected chi connectivity index (χ3v) is 33.4. The fourth-order valence-electron chi connectivity index (χ4n) is 32.3. The fourth-order valence-corrected chi connectivity index (χ4v) is 32.6. The third-order valence-electron chi connectivity index (χ3n) is 32.8. The maximum Gasteiger partial charge on any atom is 0.0724 e. The van der Waals surface area contributed by atoms with Crippen LogP contribution in [0.2, 0.25) is 0 Å². The number of hydrogen-bond acceptors (Lipinski definition) is 0. The number of rotatable bonds is 5. The lowest BCUT2D eigenvalue weighted by atomic mass is 9.32. The van der Waals surface area contributed by atoms with Crippen LogP contribution in [-0.2, 0) is 27.1 Å². The summed E-state index contributed by atoms with van der Waals surface area (Å²) in [4.78, 5) is 0. The van der Waals surface area contributed by atoms with E-state index < -0.39 is 32.5 Å². The summed E-state index contributed by atoms with van der Waals surface area (Å²) in [7, 11) is 0. The van der Waals surface area contributed by atoms with E-state index in [0.29, 0.717) is 0 Å². The normalized spacial score (nSPS) is 26.5. The Hall–Kier alpha value is -11.5. The first kappa shape index (κ1) is 42.3. The molecule has 1 heteroatoms. The van der Waals surface area contributed by atoms with Crippen LogP contribution in [-0.4, -0.2) is 0 Å². The lowest BCUT2D eigenvalue weighted by Gasteiger charge is -2.67. The van der Waals surface area contributed by atoms with Crippen LogP contribution >= 0.6 is 15.9 Å². The van der Waals surface area contributed by atoms with Crippen molar-refractivity contribution < 1.29 is 0 Å². The molecule has 99 heavy (non-hydrogen) atoms. The van der Waals surface area contributed by atoms with Crippen molar-refractivity contribution in [2.24, 2.45) is 5.41 Å². The van der Waals surface area contributed by atoms with Crippen LogP contribution in [0.15, 0.2) is 203 Å². The topological polar surface area (TPSA) is 0 Å². The van der Waals surface area contributed by atoms with Crippen molar-refractivity contribution in [1.82, 2.24) is 0 Å². The van der Waals surface area contributed by atoms with Crippen LogP contribution in [0.1, 0.15) is 94.6 Å². The van der Waals surface area contributed by atoms with E-state index in [1.54, 1.807) is 293 Å². The highest BCUT2D eigenvalue weighted by atomic mass is 79.9. The van der Waals surface area contributed by atoms with Crippen LogP contribution in [0.5, 0.6) is 0 Å². The Morgan fingerprint density at radius 3 is 0.768 bits per heavy atom.